The van der Waals surface area contributed by atoms with Crippen LogP contribution in [0.1, 0.15) is 0 Å². The normalized spacial score (nSPS) is 11.9. The van der Waals surface area contributed by atoms with Crippen LogP contribution in [-0.2, 0) is 0 Å². The second kappa shape index (κ2) is 12.6. The quantitative estimate of drug-likeness (QED) is 0.176. The molecule has 5 nitrogen and oxygen atoms in total. The molecule has 12 aromatic rings. The van der Waals surface area contributed by atoms with E-state index in [0.717, 1.165) is 33.6 Å². The van der Waals surface area contributed by atoms with Gasteiger partial charge in [-0.3, -0.25) is 0 Å². The lowest BCUT2D eigenvalue weighted by atomic mass is 10.0. The van der Waals surface area contributed by atoms with Gasteiger partial charge in [0, 0.05) is 65.1 Å². The Morgan fingerprint density at radius 2 is 0.825 bits per heavy atom. The summed E-state index contributed by atoms with van der Waals surface area (Å²) in [4.78, 5) is 15.2. The maximum atomic E-state index is 5.11. The van der Waals surface area contributed by atoms with Gasteiger partial charge < -0.3 is 9.13 Å². The van der Waals surface area contributed by atoms with Gasteiger partial charge in [-0.2, -0.15) is 0 Å². The fraction of sp³-hybridized carbons (Fsp3) is 0. The molecule has 0 amide bonds. The van der Waals surface area contributed by atoms with Crippen LogP contribution in [0.4, 0.5) is 0 Å². The minimum atomic E-state index is 0.627. The summed E-state index contributed by atoms with van der Waals surface area (Å²) in [7, 11) is 0. The molecule has 0 aliphatic heterocycles. The molecule has 0 saturated carbocycles. The molecule has 0 aliphatic carbocycles. The number of rotatable bonds is 5. The highest BCUT2D eigenvalue weighted by molar-refractivity contribution is 7.27. The van der Waals surface area contributed by atoms with Gasteiger partial charge >= 0.3 is 0 Å². The number of hydrogen-bond donors (Lipinski definition) is 0. The first-order valence-electron chi connectivity index (χ1n) is 19.1. The minimum Gasteiger partial charge on any atom is -0.308 e. The Hall–Kier alpha value is -7.41. The lowest BCUT2D eigenvalue weighted by Gasteiger charge is -2.13. The molecule has 0 atom stereocenters. The number of para-hydroxylation sites is 3. The molecule has 0 spiro atoms. The number of thiophene rings is 1. The van der Waals surface area contributed by atoms with Crippen molar-refractivity contribution < 1.29 is 0 Å². The molecule has 0 unspecified atom stereocenters. The molecule has 12 rings (SSSR count). The largest absolute Gasteiger partial charge is 0.308 e. The Morgan fingerprint density at radius 3 is 1.47 bits per heavy atom. The van der Waals surface area contributed by atoms with E-state index in [-0.39, 0.29) is 0 Å². The standard InChI is InChI=1S/C51H31N5S/c1-4-17-32(18-5-1)49-52-50(33-19-6-2-7-20-33)54-51(53-49)34-21-16-24-36(31-34)56-40-28-13-10-25-37(40)43-44-39-27-12-15-30-42(39)57-48(44)47-45(46(43)56)38-26-11-14-29-41(38)55(47)35-22-8-3-9-23-35/h1-31H. The van der Waals surface area contributed by atoms with Gasteiger partial charge in [0.1, 0.15) is 0 Å². The van der Waals surface area contributed by atoms with Gasteiger partial charge in [-0.15, -0.1) is 11.3 Å². The van der Waals surface area contributed by atoms with Crippen LogP contribution in [0.25, 0.3) is 109 Å². The molecule has 0 N–H and O–H groups in total. The van der Waals surface area contributed by atoms with Gasteiger partial charge in [-0.25, -0.2) is 15.0 Å². The molecule has 266 valence electrons. The molecule has 4 heterocycles. The van der Waals surface area contributed by atoms with Crippen molar-refractivity contribution in [3.8, 4) is 45.5 Å². The van der Waals surface area contributed by atoms with Crippen LogP contribution < -0.4 is 0 Å². The molecule has 4 aromatic heterocycles. The van der Waals surface area contributed by atoms with E-state index in [1.54, 1.807) is 0 Å². The number of benzene rings is 8. The average Bonchev–Trinajstić information content (AvgIpc) is 3.95. The van der Waals surface area contributed by atoms with Crippen molar-refractivity contribution in [1.29, 1.82) is 0 Å². The Bertz CT molecular complexity index is 3450. The molecule has 0 saturated heterocycles. The third-order valence-electron chi connectivity index (χ3n) is 11.1. The van der Waals surface area contributed by atoms with Crippen molar-refractivity contribution in [2.75, 3.05) is 0 Å². The van der Waals surface area contributed by atoms with Crippen LogP contribution in [0.5, 0.6) is 0 Å². The van der Waals surface area contributed by atoms with E-state index in [4.69, 9.17) is 15.0 Å². The zero-order valence-corrected chi connectivity index (χ0v) is 31.4. The van der Waals surface area contributed by atoms with Crippen molar-refractivity contribution in [3.05, 3.63) is 188 Å². The summed E-state index contributed by atoms with van der Waals surface area (Å²) in [6.45, 7) is 0. The molecule has 0 radical (unpaired) electrons. The summed E-state index contributed by atoms with van der Waals surface area (Å²) >= 11 is 1.89. The molecule has 57 heavy (non-hydrogen) atoms. The highest BCUT2D eigenvalue weighted by Gasteiger charge is 2.27. The highest BCUT2D eigenvalue weighted by atomic mass is 32.1. The van der Waals surface area contributed by atoms with Crippen molar-refractivity contribution >= 4 is 75.1 Å². The van der Waals surface area contributed by atoms with Gasteiger partial charge in [0.25, 0.3) is 0 Å². The van der Waals surface area contributed by atoms with Crippen LogP contribution in [0.2, 0.25) is 0 Å². The maximum absolute atomic E-state index is 5.11. The third-order valence-corrected chi connectivity index (χ3v) is 12.3. The second-order valence-corrected chi connectivity index (χ2v) is 15.4. The summed E-state index contributed by atoms with van der Waals surface area (Å²) in [5.41, 5.74) is 9.74. The molecule has 0 bridgehead atoms. The molecular weight excluding hydrogens is 715 g/mol. The highest BCUT2D eigenvalue weighted by Crippen LogP contribution is 2.51. The van der Waals surface area contributed by atoms with E-state index < -0.39 is 0 Å². The van der Waals surface area contributed by atoms with Crippen LogP contribution in [0.3, 0.4) is 0 Å². The Morgan fingerprint density at radius 1 is 0.351 bits per heavy atom. The Labute approximate surface area is 331 Å². The summed E-state index contributed by atoms with van der Waals surface area (Å²) in [5, 5.41) is 7.52. The predicted octanol–water partition coefficient (Wildman–Crippen LogP) is 13.4. The fourth-order valence-corrected chi connectivity index (χ4v) is 9.97. The number of hydrogen-bond acceptors (Lipinski definition) is 4. The minimum absolute atomic E-state index is 0.627. The molecule has 6 heteroatoms. The van der Waals surface area contributed by atoms with E-state index in [2.05, 4.69) is 161 Å². The number of fused-ring (bicyclic) bond motifs is 12. The first kappa shape index (κ1) is 31.9. The monoisotopic (exact) mass is 745 g/mol. The topological polar surface area (TPSA) is 48.5 Å². The fourth-order valence-electron chi connectivity index (χ4n) is 8.72. The lowest BCUT2D eigenvalue weighted by molar-refractivity contribution is 1.07. The van der Waals surface area contributed by atoms with Crippen molar-refractivity contribution in [2.24, 2.45) is 0 Å². The van der Waals surface area contributed by atoms with Crippen molar-refractivity contribution in [1.82, 2.24) is 24.1 Å². The summed E-state index contributed by atoms with van der Waals surface area (Å²) in [5.74, 6) is 1.91. The van der Waals surface area contributed by atoms with Crippen LogP contribution in [0.15, 0.2) is 188 Å². The second-order valence-electron chi connectivity index (χ2n) is 14.4. The predicted molar refractivity (Wildman–Crippen MR) is 238 cm³/mol. The smallest absolute Gasteiger partial charge is 0.164 e. The van der Waals surface area contributed by atoms with Crippen LogP contribution in [-0.4, -0.2) is 24.1 Å². The van der Waals surface area contributed by atoms with E-state index in [0.29, 0.717) is 17.5 Å². The summed E-state index contributed by atoms with van der Waals surface area (Å²) in [6.07, 6.45) is 0. The third kappa shape index (κ3) is 4.84. The van der Waals surface area contributed by atoms with Crippen LogP contribution >= 0.6 is 11.3 Å². The van der Waals surface area contributed by atoms with E-state index in [1.807, 2.05) is 47.7 Å². The van der Waals surface area contributed by atoms with Gasteiger partial charge in [0.15, 0.2) is 17.5 Å². The first-order chi connectivity index (χ1) is 28.3. The van der Waals surface area contributed by atoms with Gasteiger partial charge in [0.05, 0.1) is 26.8 Å². The summed E-state index contributed by atoms with van der Waals surface area (Å²) < 4.78 is 7.52. The zero-order valence-electron chi connectivity index (χ0n) is 30.5. The van der Waals surface area contributed by atoms with Gasteiger partial charge in [0.2, 0.25) is 0 Å². The Kier molecular flexibility index (Phi) is 7.03. The number of aromatic nitrogens is 5. The van der Waals surface area contributed by atoms with Gasteiger partial charge in [-0.1, -0.05) is 146 Å². The Balaban J connectivity index is 1.22. The van der Waals surface area contributed by atoms with Crippen molar-refractivity contribution in [3.63, 3.8) is 0 Å². The first-order valence-corrected chi connectivity index (χ1v) is 19.9. The molecule has 0 aliphatic rings. The SMILES string of the molecule is c1ccc(-c2nc(-c3ccccc3)nc(-c3cccc(-n4c5ccccc5c5c6c7ccccc7sc6c6c(c7ccccc7n6-c6ccccc6)c54)c3)n2)cc1. The van der Waals surface area contributed by atoms with E-state index in [1.165, 1.54) is 58.3 Å². The van der Waals surface area contributed by atoms with E-state index >= 15 is 0 Å². The molecule has 0 fully saturated rings. The average molecular weight is 746 g/mol. The maximum Gasteiger partial charge on any atom is 0.164 e. The number of nitrogens with zero attached hydrogens (tertiary/aromatic N) is 5. The van der Waals surface area contributed by atoms with Crippen LogP contribution in [0, 0.1) is 0 Å². The van der Waals surface area contributed by atoms with Crippen molar-refractivity contribution in [2.45, 2.75) is 0 Å². The van der Waals surface area contributed by atoms with Gasteiger partial charge in [-0.05, 0) is 42.5 Å². The van der Waals surface area contributed by atoms with E-state index in [9.17, 15) is 0 Å². The molecular formula is C51H31N5S. The lowest BCUT2D eigenvalue weighted by Crippen LogP contribution is -2.01. The summed E-state index contributed by atoms with van der Waals surface area (Å²) in [6, 6.07) is 66.4. The zero-order chi connectivity index (χ0) is 37.5. The molecule has 8 aromatic carbocycles.